The maximum Gasteiger partial charge on any atom is 0.293 e. The molecule has 0 saturated carbocycles. The number of hydrogen-bond acceptors (Lipinski definition) is 4. The van der Waals surface area contributed by atoms with Crippen LogP contribution in [0.2, 0.25) is 5.02 Å². The number of furan rings is 1. The average molecular weight is 348 g/mol. The van der Waals surface area contributed by atoms with E-state index in [9.17, 15) is 9.59 Å². The Balaban J connectivity index is 1.84. The number of carbonyl (C=O) groups excluding carboxylic acids is 2. The Labute approximate surface area is 143 Å². The number of hydrogen-bond donors (Lipinski definition) is 0. The Morgan fingerprint density at radius 3 is 2.83 bits per heavy atom. The maximum atomic E-state index is 12.2. The van der Waals surface area contributed by atoms with Gasteiger partial charge in [-0.05, 0) is 42.4 Å². The molecule has 0 atom stereocenters. The summed E-state index contributed by atoms with van der Waals surface area (Å²) in [6.07, 6.45) is 2.35. The molecule has 1 saturated heterocycles. The van der Waals surface area contributed by atoms with Crippen molar-refractivity contribution < 1.29 is 14.0 Å². The number of halogens is 1. The van der Waals surface area contributed by atoms with Gasteiger partial charge < -0.3 is 4.42 Å². The Morgan fingerprint density at radius 2 is 2.09 bits per heavy atom. The highest BCUT2D eigenvalue weighted by Gasteiger charge is 2.34. The van der Waals surface area contributed by atoms with Crippen LogP contribution in [-0.2, 0) is 4.79 Å². The predicted octanol–water partition coefficient (Wildman–Crippen LogP) is 5.05. The van der Waals surface area contributed by atoms with Crippen molar-refractivity contribution in [3.05, 3.63) is 52.1 Å². The summed E-state index contributed by atoms with van der Waals surface area (Å²) in [5.74, 6) is 0.927. The number of thioether (sulfide) groups is 1. The monoisotopic (exact) mass is 347 g/mol. The van der Waals surface area contributed by atoms with Gasteiger partial charge >= 0.3 is 0 Å². The third kappa shape index (κ3) is 3.35. The second-order valence-electron chi connectivity index (χ2n) is 5.05. The molecule has 0 bridgehead atoms. The number of imide groups is 1. The van der Waals surface area contributed by atoms with Crippen molar-refractivity contribution in [1.29, 1.82) is 0 Å². The standard InChI is InChI=1S/C17H14ClNO3S/c1-2-8-19-16(20)15(23-17(19)21)10-13-6-7-14(22-13)11-4-3-5-12(18)9-11/h3-7,9-10H,2,8H2,1H3/b15-10+. The van der Waals surface area contributed by atoms with E-state index in [4.69, 9.17) is 16.0 Å². The molecule has 0 N–H and O–H groups in total. The Hall–Kier alpha value is -1.98. The molecule has 1 aromatic heterocycles. The van der Waals surface area contributed by atoms with Crippen LogP contribution in [0.25, 0.3) is 17.4 Å². The number of carbonyl (C=O) groups is 2. The fraction of sp³-hybridized carbons (Fsp3) is 0.176. The van der Waals surface area contributed by atoms with Gasteiger partial charge in [-0.25, -0.2) is 0 Å². The molecule has 4 nitrogen and oxygen atoms in total. The predicted molar refractivity (Wildman–Crippen MR) is 92.1 cm³/mol. The first kappa shape index (κ1) is 15.9. The van der Waals surface area contributed by atoms with Gasteiger partial charge in [-0.2, -0.15) is 0 Å². The van der Waals surface area contributed by atoms with Crippen molar-refractivity contribution in [2.24, 2.45) is 0 Å². The molecular weight excluding hydrogens is 334 g/mol. The number of benzene rings is 1. The Morgan fingerprint density at radius 1 is 1.26 bits per heavy atom. The molecule has 1 aliphatic rings. The van der Waals surface area contributed by atoms with Gasteiger partial charge in [0, 0.05) is 23.2 Å². The van der Waals surface area contributed by atoms with Gasteiger partial charge in [0.1, 0.15) is 11.5 Å². The van der Waals surface area contributed by atoms with Gasteiger partial charge in [-0.1, -0.05) is 30.7 Å². The van der Waals surface area contributed by atoms with Crippen LogP contribution < -0.4 is 0 Å². The van der Waals surface area contributed by atoms with Crippen molar-refractivity contribution in [3.8, 4) is 11.3 Å². The van der Waals surface area contributed by atoms with Gasteiger partial charge in [0.05, 0.1) is 4.91 Å². The molecule has 2 aromatic rings. The molecule has 0 radical (unpaired) electrons. The van der Waals surface area contributed by atoms with E-state index in [0.717, 1.165) is 23.7 Å². The summed E-state index contributed by atoms with van der Waals surface area (Å²) in [5.41, 5.74) is 0.858. The molecule has 118 valence electrons. The van der Waals surface area contributed by atoms with Crippen LogP contribution in [0.1, 0.15) is 19.1 Å². The zero-order valence-corrected chi connectivity index (χ0v) is 14.0. The van der Waals surface area contributed by atoms with Crippen LogP contribution in [-0.4, -0.2) is 22.6 Å². The van der Waals surface area contributed by atoms with Crippen molar-refractivity contribution in [3.63, 3.8) is 0 Å². The third-order valence-electron chi connectivity index (χ3n) is 3.33. The molecule has 1 aromatic carbocycles. The highest BCUT2D eigenvalue weighted by atomic mass is 35.5. The lowest BCUT2D eigenvalue weighted by molar-refractivity contribution is -0.122. The van der Waals surface area contributed by atoms with E-state index in [-0.39, 0.29) is 11.1 Å². The van der Waals surface area contributed by atoms with Gasteiger partial charge in [0.2, 0.25) is 0 Å². The highest BCUT2D eigenvalue weighted by Crippen LogP contribution is 2.33. The molecule has 23 heavy (non-hydrogen) atoms. The minimum Gasteiger partial charge on any atom is -0.457 e. The number of nitrogens with zero attached hydrogens (tertiary/aromatic N) is 1. The SMILES string of the molecule is CCCN1C(=O)S/C(=C/c2ccc(-c3cccc(Cl)c3)o2)C1=O. The molecule has 2 heterocycles. The number of amides is 2. The van der Waals surface area contributed by atoms with E-state index in [2.05, 4.69) is 0 Å². The van der Waals surface area contributed by atoms with Gasteiger partial charge in [-0.15, -0.1) is 0 Å². The van der Waals surface area contributed by atoms with Crippen LogP contribution in [0.5, 0.6) is 0 Å². The topological polar surface area (TPSA) is 50.5 Å². The summed E-state index contributed by atoms with van der Waals surface area (Å²) in [6.45, 7) is 2.37. The Bertz CT molecular complexity index is 797. The molecule has 6 heteroatoms. The van der Waals surface area contributed by atoms with E-state index in [1.165, 1.54) is 4.90 Å². The molecule has 0 unspecified atom stereocenters. The minimum atomic E-state index is -0.262. The normalized spacial score (nSPS) is 16.6. The first-order valence-electron chi connectivity index (χ1n) is 7.19. The van der Waals surface area contributed by atoms with Crippen LogP contribution in [0, 0.1) is 0 Å². The van der Waals surface area contributed by atoms with Crippen molar-refractivity contribution in [2.45, 2.75) is 13.3 Å². The van der Waals surface area contributed by atoms with Crippen LogP contribution in [0.15, 0.2) is 45.7 Å². The van der Waals surface area contributed by atoms with E-state index < -0.39 is 0 Å². The van der Waals surface area contributed by atoms with Crippen LogP contribution >= 0.6 is 23.4 Å². The second kappa shape index (κ2) is 6.64. The minimum absolute atomic E-state index is 0.232. The zero-order chi connectivity index (χ0) is 16.4. The smallest absolute Gasteiger partial charge is 0.293 e. The van der Waals surface area contributed by atoms with Crippen LogP contribution in [0.3, 0.4) is 0 Å². The lowest BCUT2D eigenvalue weighted by Gasteiger charge is -2.09. The Kier molecular flexibility index (Phi) is 4.59. The summed E-state index contributed by atoms with van der Waals surface area (Å²) in [5, 5.41) is 0.394. The molecule has 0 aliphatic carbocycles. The molecule has 0 spiro atoms. The molecular formula is C17H14ClNO3S. The van der Waals surface area contributed by atoms with Crippen molar-refractivity contribution >= 4 is 40.6 Å². The molecule has 3 rings (SSSR count). The fourth-order valence-corrected chi connectivity index (χ4v) is 3.31. The first-order valence-corrected chi connectivity index (χ1v) is 8.39. The quantitative estimate of drug-likeness (QED) is 0.726. The van der Waals surface area contributed by atoms with Crippen molar-refractivity contribution in [2.75, 3.05) is 6.54 Å². The van der Waals surface area contributed by atoms with E-state index in [0.29, 0.717) is 28.0 Å². The van der Waals surface area contributed by atoms with E-state index in [1.807, 2.05) is 25.1 Å². The lowest BCUT2D eigenvalue weighted by atomic mass is 10.2. The summed E-state index contributed by atoms with van der Waals surface area (Å²) >= 11 is 6.92. The summed E-state index contributed by atoms with van der Waals surface area (Å²) in [4.78, 5) is 25.7. The summed E-state index contributed by atoms with van der Waals surface area (Å²) in [7, 11) is 0. The van der Waals surface area contributed by atoms with E-state index in [1.54, 1.807) is 24.3 Å². The fourth-order valence-electron chi connectivity index (χ4n) is 2.27. The van der Waals surface area contributed by atoms with E-state index >= 15 is 0 Å². The van der Waals surface area contributed by atoms with Gasteiger partial charge in [0.25, 0.3) is 11.1 Å². The average Bonchev–Trinajstić information content (AvgIpc) is 3.09. The van der Waals surface area contributed by atoms with Crippen LogP contribution in [0.4, 0.5) is 4.79 Å². The molecule has 1 fully saturated rings. The summed E-state index contributed by atoms with van der Waals surface area (Å²) in [6, 6.07) is 10.9. The lowest BCUT2D eigenvalue weighted by Crippen LogP contribution is -2.28. The van der Waals surface area contributed by atoms with Gasteiger partial charge in [0.15, 0.2) is 0 Å². The maximum absolute atomic E-state index is 12.2. The third-order valence-corrected chi connectivity index (χ3v) is 4.47. The highest BCUT2D eigenvalue weighted by molar-refractivity contribution is 8.18. The number of rotatable bonds is 4. The molecule has 2 amide bonds. The largest absolute Gasteiger partial charge is 0.457 e. The first-order chi connectivity index (χ1) is 11.1. The van der Waals surface area contributed by atoms with Crippen molar-refractivity contribution in [1.82, 2.24) is 4.90 Å². The summed E-state index contributed by atoms with van der Waals surface area (Å²) < 4.78 is 5.74. The van der Waals surface area contributed by atoms with Gasteiger partial charge in [-0.3, -0.25) is 14.5 Å². The molecule has 1 aliphatic heterocycles. The second-order valence-corrected chi connectivity index (χ2v) is 6.48. The zero-order valence-electron chi connectivity index (χ0n) is 12.4.